The van der Waals surface area contributed by atoms with Gasteiger partial charge in [-0.2, -0.15) is 0 Å². The minimum atomic E-state index is 0.0617. The summed E-state index contributed by atoms with van der Waals surface area (Å²) >= 11 is 7.06. The summed E-state index contributed by atoms with van der Waals surface area (Å²) in [4.78, 5) is 8.89. The fraction of sp³-hybridized carbons (Fsp3) is 0.706. The Morgan fingerprint density at radius 2 is 2.12 bits per heavy atom. The fourth-order valence-electron chi connectivity index (χ4n) is 3.35. The van der Waals surface area contributed by atoms with Crippen LogP contribution >= 0.6 is 23.6 Å². The standard InChI is InChI=1S/C17H28N6S2/c1-17(2,3)22-11-18-9-14(22)13-7-6-8-21(10-13)12-23-16(24)25-15(19-23)20(4)5/h9,11,13H,6-8,10,12H2,1-5H3. The summed E-state index contributed by atoms with van der Waals surface area (Å²) in [5.74, 6) is 0.511. The van der Waals surface area contributed by atoms with Crippen LogP contribution in [0.25, 0.3) is 0 Å². The molecular formula is C17H28N6S2. The van der Waals surface area contributed by atoms with Gasteiger partial charge in [0.1, 0.15) is 0 Å². The van der Waals surface area contributed by atoms with E-state index in [1.165, 1.54) is 18.5 Å². The van der Waals surface area contributed by atoms with Crippen molar-refractivity contribution in [3.05, 3.63) is 22.2 Å². The van der Waals surface area contributed by atoms with E-state index in [4.69, 9.17) is 12.2 Å². The van der Waals surface area contributed by atoms with Gasteiger partial charge in [-0.05, 0) is 52.4 Å². The van der Waals surface area contributed by atoms with Crippen molar-refractivity contribution >= 4 is 28.7 Å². The van der Waals surface area contributed by atoms with Crippen LogP contribution in [0.4, 0.5) is 5.13 Å². The molecular weight excluding hydrogens is 352 g/mol. The van der Waals surface area contributed by atoms with Crippen molar-refractivity contribution in [1.82, 2.24) is 24.2 Å². The summed E-state index contributed by atoms with van der Waals surface area (Å²) in [5, 5.41) is 5.61. The Bertz CT molecular complexity index is 767. The molecule has 1 aliphatic rings. The van der Waals surface area contributed by atoms with E-state index in [-0.39, 0.29) is 5.54 Å². The molecule has 0 amide bonds. The monoisotopic (exact) mass is 380 g/mol. The Kier molecular flexibility index (Phi) is 5.31. The Morgan fingerprint density at radius 1 is 1.36 bits per heavy atom. The van der Waals surface area contributed by atoms with Gasteiger partial charge in [0.2, 0.25) is 5.13 Å². The number of nitrogens with zero attached hydrogens (tertiary/aromatic N) is 6. The van der Waals surface area contributed by atoms with E-state index >= 15 is 0 Å². The lowest BCUT2D eigenvalue weighted by Crippen LogP contribution is -2.37. The zero-order valence-corrected chi connectivity index (χ0v) is 17.4. The lowest BCUT2D eigenvalue weighted by Gasteiger charge is -2.34. The van der Waals surface area contributed by atoms with Gasteiger partial charge in [-0.15, -0.1) is 5.10 Å². The minimum Gasteiger partial charge on any atom is -0.353 e. The third-order valence-electron chi connectivity index (χ3n) is 4.63. The zero-order valence-electron chi connectivity index (χ0n) is 15.8. The Hall–Kier alpha value is -1.25. The van der Waals surface area contributed by atoms with Crippen molar-refractivity contribution in [2.45, 2.75) is 51.7 Å². The first-order valence-electron chi connectivity index (χ1n) is 8.76. The van der Waals surface area contributed by atoms with E-state index < -0.39 is 0 Å². The number of anilines is 1. The van der Waals surface area contributed by atoms with Crippen molar-refractivity contribution in [2.24, 2.45) is 0 Å². The average molecular weight is 381 g/mol. The molecule has 1 unspecified atom stereocenters. The van der Waals surface area contributed by atoms with Gasteiger partial charge in [-0.1, -0.05) is 11.3 Å². The maximum Gasteiger partial charge on any atom is 0.206 e. The molecule has 1 fully saturated rings. The van der Waals surface area contributed by atoms with Crippen LogP contribution in [0.1, 0.15) is 45.2 Å². The molecule has 0 aromatic carbocycles. The summed E-state index contributed by atoms with van der Waals surface area (Å²) in [6, 6.07) is 0. The fourth-order valence-corrected chi connectivity index (χ4v) is 4.35. The third-order valence-corrected chi connectivity index (χ3v) is 6.10. The van der Waals surface area contributed by atoms with Crippen LogP contribution in [0.15, 0.2) is 12.5 Å². The van der Waals surface area contributed by atoms with E-state index in [9.17, 15) is 0 Å². The van der Waals surface area contributed by atoms with Gasteiger partial charge in [0.15, 0.2) is 3.95 Å². The van der Waals surface area contributed by atoms with Crippen molar-refractivity contribution < 1.29 is 0 Å². The molecule has 6 nitrogen and oxygen atoms in total. The predicted molar refractivity (Wildman–Crippen MR) is 106 cm³/mol. The maximum absolute atomic E-state index is 5.49. The van der Waals surface area contributed by atoms with Crippen LogP contribution < -0.4 is 4.90 Å². The van der Waals surface area contributed by atoms with Crippen LogP contribution in [0, 0.1) is 3.95 Å². The summed E-state index contributed by atoms with van der Waals surface area (Å²) in [7, 11) is 4.01. The number of rotatable bonds is 4. The lowest BCUT2D eigenvalue weighted by molar-refractivity contribution is 0.153. The molecule has 0 aliphatic carbocycles. The molecule has 25 heavy (non-hydrogen) atoms. The van der Waals surface area contributed by atoms with Gasteiger partial charge >= 0.3 is 0 Å². The predicted octanol–water partition coefficient (Wildman–Crippen LogP) is 3.53. The molecule has 0 spiro atoms. The number of likely N-dealkylation sites (tertiary alicyclic amines) is 1. The normalized spacial score (nSPS) is 19.3. The smallest absolute Gasteiger partial charge is 0.206 e. The molecule has 3 heterocycles. The molecule has 2 aromatic rings. The first kappa shape index (κ1) is 18.5. The number of aromatic nitrogens is 4. The highest BCUT2D eigenvalue weighted by atomic mass is 32.1. The number of imidazole rings is 1. The van der Waals surface area contributed by atoms with E-state index in [0.29, 0.717) is 5.92 Å². The second kappa shape index (κ2) is 7.17. The summed E-state index contributed by atoms with van der Waals surface area (Å²) < 4.78 is 5.11. The quantitative estimate of drug-likeness (QED) is 0.759. The molecule has 138 valence electrons. The van der Waals surface area contributed by atoms with Gasteiger partial charge in [0.05, 0.1) is 13.0 Å². The summed E-state index contributed by atoms with van der Waals surface area (Å²) in [5.41, 5.74) is 1.40. The third kappa shape index (κ3) is 4.12. The Morgan fingerprint density at radius 3 is 2.76 bits per heavy atom. The first-order chi connectivity index (χ1) is 11.8. The van der Waals surface area contributed by atoms with Gasteiger partial charge in [0, 0.05) is 44.0 Å². The molecule has 2 aromatic heterocycles. The largest absolute Gasteiger partial charge is 0.353 e. The second-order valence-corrected chi connectivity index (χ2v) is 9.56. The lowest BCUT2D eigenvalue weighted by atomic mass is 9.94. The molecule has 0 saturated carbocycles. The summed E-state index contributed by atoms with van der Waals surface area (Å²) in [6.07, 6.45) is 6.41. The molecule has 3 rings (SSSR count). The highest BCUT2D eigenvalue weighted by molar-refractivity contribution is 7.73. The van der Waals surface area contributed by atoms with Crippen molar-refractivity contribution in [3.63, 3.8) is 0 Å². The molecule has 1 saturated heterocycles. The number of hydrogen-bond acceptors (Lipinski definition) is 6. The topological polar surface area (TPSA) is 42.1 Å². The SMILES string of the molecule is CN(C)c1nn(CN2CCCC(c3cncn3C(C)(C)C)C2)c(=S)s1. The molecule has 0 bridgehead atoms. The van der Waals surface area contributed by atoms with Crippen LogP contribution in [0.5, 0.6) is 0 Å². The maximum atomic E-state index is 5.49. The van der Waals surface area contributed by atoms with Gasteiger partial charge in [0.25, 0.3) is 0 Å². The van der Waals surface area contributed by atoms with Crippen LogP contribution in [-0.2, 0) is 12.2 Å². The van der Waals surface area contributed by atoms with E-state index in [2.05, 4.69) is 40.3 Å². The minimum absolute atomic E-state index is 0.0617. The van der Waals surface area contributed by atoms with E-state index in [0.717, 1.165) is 28.8 Å². The highest BCUT2D eigenvalue weighted by Gasteiger charge is 2.27. The van der Waals surface area contributed by atoms with Gasteiger partial charge in [-0.25, -0.2) is 9.67 Å². The highest BCUT2D eigenvalue weighted by Crippen LogP contribution is 2.30. The number of piperidine rings is 1. The van der Waals surface area contributed by atoms with E-state index in [1.807, 2.05) is 36.2 Å². The van der Waals surface area contributed by atoms with Crippen molar-refractivity contribution in [3.8, 4) is 0 Å². The van der Waals surface area contributed by atoms with Crippen LogP contribution in [0.2, 0.25) is 0 Å². The van der Waals surface area contributed by atoms with Crippen molar-refractivity contribution in [2.75, 3.05) is 32.1 Å². The molecule has 0 N–H and O–H groups in total. The Labute approximate surface area is 159 Å². The number of hydrogen-bond donors (Lipinski definition) is 0. The van der Waals surface area contributed by atoms with E-state index in [1.54, 1.807) is 11.3 Å². The molecule has 1 atom stereocenters. The van der Waals surface area contributed by atoms with Crippen LogP contribution in [-0.4, -0.2) is 51.4 Å². The van der Waals surface area contributed by atoms with Crippen LogP contribution in [0.3, 0.4) is 0 Å². The molecule has 0 radical (unpaired) electrons. The average Bonchev–Trinajstić information content (AvgIpc) is 3.15. The zero-order chi connectivity index (χ0) is 18.2. The van der Waals surface area contributed by atoms with Gasteiger partial charge < -0.3 is 9.47 Å². The van der Waals surface area contributed by atoms with Crippen molar-refractivity contribution in [1.29, 1.82) is 0 Å². The summed E-state index contributed by atoms with van der Waals surface area (Å²) in [6.45, 7) is 9.58. The first-order valence-corrected chi connectivity index (χ1v) is 9.98. The Balaban J connectivity index is 1.74. The van der Waals surface area contributed by atoms with Gasteiger partial charge in [-0.3, -0.25) is 4.90 Å². The second-order valence-electron chi connectivity index (χ2n) is 7.96. The molecule has 1 aliphatic heterocycles. The molecule has 8 heteroatoms.